The first-order chi connectivity index (χ1) is 9.36. The summed E-state index contributed by atoms with van der Waals surface area (Å²) in [4.78, 5) is 4.30. The number of nitrogens with zero attached hydrogens (tertiary/aromatic N) is 1. The van der Waals surface area contributed by atoms with Crippen molar-refractivity contribution in [1.82, 2.24) is 4.98 Å². The summed E-state index contributed by atoms with van der Waals surface area (Å²) in [6.07, 6.45) is -4.36. The van der Waals surface area contributed by atoms with Crippen LogP contribution in [0.1, 0.15) is 11.1 Å². The van der Waals surface area contributed by atoms with Crippen molar-refractivity contribution in [3.8, 4) is 0 Å². The summed E-state index contributed by atoms with van der Waals surface area (Å²) < 4.78 is 38.2. The molecule has 0 saturated carbocycles. The highest BCUT2D eigenvalue weighted by molar-refractivity contribution is 6.31. The lowest BCUT2D eigenvalue weighted by Crippen LogP contribution is -2.04. The van der Waals surface area contributed by atoms with Gasteiger partial charge in [-0.1, -0.05) is 17.7 Å². The minimum absolute atomic E-state index is 0.340. The number of hydrogen-bond donors (Lipinski definition) is 0. The third kappa shape index (κ3) is 2.10. The van der Waals surface area contributed by atoms with Crippen molar-refractivity contribution in [2.45, 2.75) is 13.1 Å². The maximum Gasteiger partial charge on any atom is 0.416 e. The SMILES string of the molecule is Cc1c2ccc(C(F)(F)F)cc2nc2ccc(Cl)cc12. The van der Waals surface area contributed by atoms with E-state index in [1.807, 2.05) is 6.92 Å². The van der Waals surface area contributed by atoms with Crippen LogP contribution >= 0.6 is 11.6 Å². The second-order valence-electron chi connectivity index (χ2n) is 4.63. The molecular formula is C15H9ClF3N. The normalized spacial score (nSPS) is 12.2. The third-order valence-corrected chi connectivity index (χ3v) is 3.57. The van der Waals surface area contributed by atoms with Crippen molar-refractivity contribution in [3.05, 3.63) is 52.5 Å². The van der Waals surface area contributed by atoms with Crippen molar-refractivity contribution >= 4 is 33.4 Å². The van der Waals surface area contributed by atoms with Crippen molar-refractivity contribution in [3.63, 3.8) is 0 Å². The van der Waals surface area contributed by atoms with Gasteiger partial charge in [-0.25, -0.2) is 4.98 Å². The minimum Gasteiger partial charge on any atom is -0.248 e. The summed E-state index contributed by atoms with van der Waals surface area (Å²) in [6.45, 7) is 1.86. The van der Waals surface area contributed by atoms with Gasteiger partial charge in [0.05, 0.1) is 16.6 Å². The molecule has 0 radical (unpaired) electrons. The first kappa shape index (κ1) is 13.2. The van der Waals surface area contributed by atoms with Crippen LogP contribution in [0.25, 0.3) is 21.8 Å². The molecule has 0 amide bonds. The minimum atomic E-state index is -4.36. The number of pyridine rings is 1. The molecule has 0 spiro atoms. The van der Waals surface area contributed by atoms with Gasteiger partial charge in [0.25, 0.3) is 0 Å². The van der Waals surface area contributed by atoms with Gasteiger partial charge in [-0.15, -0.1) is 0 Å². The van der Waals surface area contributed by atoms with Crippen LogP contribution < -0.4 is 0 Å². The number of halogens is 4. The fourth-order valence-corrected chi connectivity index (χ4v) is 2.47. The zero-order valence-corrected chi connectivity index (χ0v) is 11.2. The molecule has 0 aliphatic rings. The highest BCUT2D eigenvalue weighted by Gasteiger charge is 2.30. The van der Waals surface area contributed by atoms with Crippen molar-refractivity contribution in [1.29, 1.82) is 0 Å². The third-order valence-electron chi connectivity index (χ3n) is 3.33. The number of hydrogen-bond acceptors (Lipinski definition) is 1. The number of aromatic nitrogens is 1. The van der Waals surface area contributed by atoms with E-state index in [0.717, 1.165) is 23.1 Å². The lowest BCUT2D eigenvalue weighted by Gasteiger charge is -2.10. The van der Waals surface area contributed by atoms with Gasteiger partial charge in [-0.3, -0.25) is 0 Å². The fourth-order valence-electron chi connectivity index (χ4n) is 2.30. The molecule has 0 saturated heterocycles. The quantitative estimate of drug-likeness (QED) is 0.508. The molecule has 5 heteroatoms. The molecule has 102 valence electrons. The second-order valence-corrected chi connectivity index (χ2v) is 5.06. The van der Waals surface area contributed by atoms with Gasteiger partial charge < -0.3 is 0 Å². The average molecular weight is 296 g/mol. The molecule has 0 N–H and O–H groups in total. The Morgan fingerprint density at radius 2 is 1.70 bits per heavy atom. The molecule has 3 aromatic rings. The van der Waals surface area contributed by atoms with Gasteiger partial charge in [0.2, 0.25) is 0 Å². The van der Waals surface area contributed by atoms with Crippen LogP contribution in [0.4, 0.5) is 13.2 Å². The maximum absolute atomic E-state index is 12.7. The van der Waals surface area contributed by atoms with E-state index in [9.17, 15) is 13.2 Å². The summed E-state index contributed by atoms with van der Waals surface area (Å²) in [5.41, 5.74) is 1.16. The predicted molar refractivity (Wildman–Crippen MR) is 74.0 cm³/mol. The van der Waals surface area contributed by atoms with Crippen LogP contribution in [0.5, 0.6) is 0 Å². The van der Waals surface area contributed by atoms with E-state index < -0.39 is 11.7 Å². The zero-order valence-electron chi connectivity index (χ0n) is 10.4. The first-order valence-corrected chi connectivity index (χ1v) is 6.31. The monoisotopic (exact) mass is 295 g/mol. The molecule has 0 unspecified atom stereocenters. The van der Waals surface area contributed by atoms with E-state index in [1.165, 1.54) is 6.07 Å². The average Bonchev–Trinajstić information content (AvgIpc) is 2.38. The molecule has 1 nitrogen and oxygen atoms in total. The van der Waals surface area contributed by atoms with Gasteiger partial charge in [0.15, 0.2) is 0 Å². The smallest absolute Gasteiger partial charge is 0.248 e. The van der Waals surface area contributed by atoms with Gasteiger partial charge in [-0.2, -0.15) is 13.2 Å². The van der Waals surface area contributed by atoms with Gasteiger partial charge >= 0.3 is 6.18 Å². The van der Waals surface area contributed by atoms with Crippen molar-refractivity contribution < 1.29 is 13.2 Å². The molecule has 1 aromatic heterocycles. The van der Waals surface area contributed by atoms with Crippen molar-refractivity contribution in [2.75, 3.05) is 0 Å². The highest BCUT2D eigenvalue weighted by atomic mass is 35.5. The Labute approximate surface area is 118 Å². The molecule has 20 heavy (non-hydrogen) atoms. The number of aryl methyl sites for hydroxylation is 1. The van der Waals surface area contributed by atoms with Crippen LogP contribution in [-0.2, 0) is 6.18 Å². The van der Waals surface area contributed by atoms with Crippen LogP contribution in [0.15, 0.2) is 36.4 Å². The molecular weight excluding hydrogens is 287 g/mol. The largest absolute Gasteiger partial charge is 0.416 e. The van der Waals surface area contributed by atoms with Crippen molar-refractivity contribution in [2.24, 2.45) is 0 Å². The number of alkyl halides is 3. The van der Waals surface area contributed by atoms with Crippen LogP contribution in [0.2, 0.25) is 5.02 Å². The number of rotatable bonds is 0. The lowest BCUT2D eigenvalue weighted by atomic mass is 10.0. The van der Waals surface area contributed by atoms with E-state index in [0.29, 0.717) is 21.4 Å². The van der Waals surface area contributed by atoms with Crippen LogP contribution in [0, 0.1) is 6.92 Å². The summed E-state index contributed by atoms with van der Waals surface area (Å²) >= 11 is 5.95. The molecule has 0 aliphatic heterocycles. The van der Waals surface area contributed by atoms with Gasteiger partial charge in [-0.05, 0) is 42.8 Å². The van der Waals surface area contributed by atoms with E-state index >= 15 is 0 Å². The summed E-state index contributed by atoms with van der Waals surface area (Å²) in [5, 5.41) is 2.13. The highest BCUT2D eigenvalue weighted by Crippen LogP contribution is 2.33. The molecule has 2 aromatic carbocycles. The van der Waals surface area contributed by atoms with E-state index in [4.69, 9.17) is 11.6 Å². The Kier molecular flexibility index (Phi) is 2.87. The Balaban J connectivity index is 2.38. The second kappa shape index (κ2) is 4.35. The topological polar surface area (TPSA) is 12.9 Å². The Morgan fingerprint density at radius 3 is 2.40 bits per heavy atom. The molecule has 1 heterocycles. The zero-order chi connectivity index (χ0) is 14.5. The first-order valence-electron chi connectivity index (χ1n) is 5.93. The molecule has 3 rings (SSSR count). The molecule has 0 bridgehead atoms. The summed E-state index contributed by atoms with van der Waals surface area (Å²) in [5.74, 6) is 0. The van der Waals surface area contributed by atoms with E-state index in [1.54, 1.807) is 18.2 Å². The van der Waals surface area contributed by atoms with Crippen LogP contribution in [0.3, 0.4) is 0 Å². The molecule has 0 fully saturated rings. The molecule has 0 atom stereocenters. The Bertz CT molecular complexity index is 825. The Hall–Kier alpha value is -1.81. The summed E-state index contributed by atoms with van der Waals surface area (Å²) in [7, 11) is 0. The van der Waals surface area contributed by atoms with Gasteiger partial charge in [0.1, 0.15) is 0 Å². The number of benzene rings is 2. The van der Waals surface area contributed by atoms with Gasteiger partial charge in [0, 0.05) is 15.8 Å². The fraction of sp³-hybridized carbons (Fsp3) is 0.133. The standard InChI is InChI=1S/C15H9ClF3N/c1-8-11-4-2-9(15(17,18)19)6-14(11)20-13-5-3-10(16)7-12(8)13/h2-7H,1H3. The van der Waals surface area contributed by atoms with E-state index in [-0.39, 0.29) is 0 Å². The Morgan fingerprint density at radius 1 is 0.950 bits per heavy atom. The predicted octanol–water partition coefficient (Wildman–Crippen LogP) is 5.37. The lowest BCUT2D eigenvalue weighted by molar-refractivity contribution is -0.137. The number of fused-ring (bicyclic) bond motifs is 2. The maximum atomic E-state index is 12.7. The van der Waals surface area contributed by atoms with Crippen LogP contribution in [-0.4, -0.2) is 4.98 Å². The van der Waals surface area contributed by atoms with E-state index in [2.05, 4.69) is 4.98 Å². The summed E-state index contributed by atoms with van der Waals surface area (Å²) in [6, 6.07) is 8.78. The molecule has 0 aliphatic carbocycles.